The number of nitriles is 1. The lowest BCUT2D eigenvalue weighted by Crippen LogP contribution is -2.03. The Morgan fingerprint density at radius 2 is 2.33 bits per heavy atom. The molecule has 0 spiro atoms. The Balaban J connectivity index is 2.43. The van der Waals surface area contributed by atoms with Crippen molar-refractivity contribution in [1.29, 1.82) is 5.26 Å². The zero-order valence-corrected chi connectivity index (χ0v) is 10.1. The highest BCUT2D eigenvalue weighted by Gasteiger charge is 2.08. The molecule has 0 saturated heterocycles. The number of imidazole rings is 1. The summed E-state index contributed by atoms with van der Waals surface area (Å²) in [4.78, 5) is 10.9. The molecule has 1 heterocycles. The van der Waals surface area contributed by atoms with E-state index in [1.165, 1.54) is 6.33 Å². The average Bonchev–Trinajstić information content (AvgIpc) is 2.83. The minimum atomic E-state index is 0.317. The number of H-pyrrole nitrogens is 1. The number of nitrogens with one attached hydrogen (secondary N) is 1. The van der Waals surface area contributed by atoms with Crippen molar-refractivity contribution in [3.05, 3.63) is 47.4 Å². The monoisotopic (exact) mass is 240 g/mol. The van der Waals surface area contributed by atoms with E-state index in [1.54, 1.807) is 7.11 Å². The number of nitrogens with zero attached hydrogens (tertiary/aromatic N) is 3. The maximum Gasteiger partial charge on any atom is 0.222 e. The van der Waals surface area contributed by atoms with Crippen LogP contribution < -0.4 is 0 Å². The number of aromatic amines is 1. The molecular formula is C13H12N4O. The van der Waals surface area contributed by atoms with Gasteiger partial charge < -0.3 is 9.72 Å². The molecule has 1 N–H and O–H groups in total. The van der Waals surface area contributed by atoms with E-state index in [2.05, 4.69) is 15.0 Å². The fourth-order valence-corrected chi connectivity index (χ4v) is 1.56. The summed E-state index contributed by atoms with van der Waals surface area (Å²) in [6, 6.07) is 9.76. The van der Waals surface area contributed by atoms with E-state index in [-0.39, 0.29) is 0 Å². The second-order valence-electron chi connectivity index (χ2n) is 3.70. The third-order valence-corrected chi connectivity index (χ3v) is 2.40. The van der Waals surface area contributed by atoms with Crippen LogP contribution in [0.2, 0.25) is 0 Å². The third-order valence-electron chi connectivity index (χ3n) is 2.40. The highest BCUT2D eigenvalue weighted by molar-refractivity contribution is 5.95. The quantitative estimate of drug-likeness (QED) is 0.646. The Hall–Kier alpha value is -2.61. The highest BCUT2D eigenvalue weighted by Crippen LogP contribution is 2.15. The minimum absolute atomic E-state index is 0.317. The van der Waals surface area contributed by atoms with Crippen molar-refractivity contribution in [1.82, 2.24) is 9.97 Å². The number of ether oxygens (including phenoxy) is 1. The number of rotatable bonds is 2. The molecular weight excluding hydrogens is 228 g/mol. The Morgan fingerprint density at radius 1 is 1.50 bits per heavy atom. The SMILES string of the molecule is COC(=Nc1nc[nH]c1C#N)c1cccc(C)c1. The van der Waals surface area contributed by atoms with Gasteiger partial charge in [-0.2, -0.15) is 10.3 Å². The molecule has 18 heavy (non-hydrogen) atoms. The Labute approximate surface area is 105 Å². The zero-order valence-electron chi connectivity index (χ0n) is 10.1. The summed E-state index contributed by atoms with van der Waals surface area (Å²) in [5, 5.41) is 8.88. The standard InChI is InChI=1S/C13H12N4O/c1-9-4-3-5-10(6-9)13(18-2)17-12-11(7-14)15-8-16-12/h3-6,8H,1-2H3,(H,15,16). The van der Waals surface area contributed by atoms with Crippen molar-refractivity contribution < 1.29 is 4.74 Å². The van der Waals surface area contributed by atoms with E-state index in [0.717, 1.165) is 11.1 Å². The first-order valence-corrected chi connectivity index (χ1v) is 5.38. The number of aryl methyl sites for hydroxylation is 1. The maximum atomic E-state index is 8.88. The van der Waals surface area contributed by atoms with Gasteiger partial charge in [-0.3, -0.25) is 0 Å². The first kappa shape index (κ1) is 11.9. The van der Waals surface area contributed by atoms with Crippen molar-refractivity contribution in [2.24, 2.45) is 4.99 Å². The van der Waals surface area contributed by atoms with Crippen molar-refractivity contribution in [2.45, 2.75) is 6.92 Å². The lowest BCUT2D eigenvalue weighted by molar-refractivity contribution is 0.405. The van der Waals surface area contributed by atoms with Gasteiger partial charge >= 0.3 is 0 Å². The summed E-state index contributed by atoms with van der Waals surface area (Å²) >= 11 is 0. The van der Waals surface area contributed by atoms with Crippen LogP contribution in [0, 0.1) is 18.3 Å². The van der Waals surface area contributed by atoms with Crippen molar-refractivity contribution >= 4 is 11.7 Å². The van der Waals surface area contributed by atoms with Crippen LogP contribution in [0.15, 0.2) is 35.6 Å². The van der Waals surface area contributed by atoms with Gasteiger partial charge in [0, 0.05) is 5.56 Å². The molecule has 0 unspecified atom stereocenters. The van der Waals surface area contributed by atoms with Gasteiger partial charge in [0.15, 0.2) is 11.5 Å². The second-order valence-corrected chi connectivity index (χ2v) is 3.70. The molecule has 0 aliphatic carbocycles. The normalized spacial score (nSPS) is 11.1. The molecule has 1 aromatic carbocycles. The van der Waals surface area contributed by atoms with Crippen LogP contribution in [0.4, 0.5) is 5.82 Å². The van der Waals surface area contributed by atoms with Gasteiger partial charge in [0.1, 0.15) is 6.07 Å². The highest BCUT2D eigenvalue weighted by atomic mass is 16.5. The molecule has 2 rings (SSSR count). The minimum Gasteiger partial charge on any atom is -0.481 e. The van der Waals surface area contributed by atoms with Gasteiger partial charge in [0.05, 0.1) is 13.4 Å². The Kier molecular flexibility index (Phi) is 3.39. The molecule has 0 aliphatic rings. The summed E-state index contributed by atoms with van der Waals surface area (Å²) in [6.45, 7) is 1.99. The number of aromatic nitrogens is 2. The number of aliphatic imine (C=N–C) groups is 1. The van der Waals surface area contributed by atoms with E-state index >= 15 is 0 Å². The molecule has 0 atom stereocenters. The molecule has 0 aliphatic heterocycles. The first-order valence-electron chi connectivity index (χ1n) is 5.38. The molecule has 2 aromatic rings. The predicted molar refractivity (Wildman–Crippen MR) is 67.7 cm³/mol. The molecule has 5 heteroatoms. The van der Waals surface area contributed by atoms with Crippen LogP contribution in [0.1, 0.15) is 16.8 Å². The fraction of sp³-hybridized carbons (Fsp3) is 0.154. The van der Waals surface area contributed by atoms with Crippen LogP contribution in [-0.4, -0.2) is 23.0 Å². The zero-order chi connectivity index (χ0) is 13.0. The van der Waals surface area contributed by atoms with E-state index in [1.807, 2.05) is 37.3 Å². The number of hydrogen-bond acceptors (Lipinski definition) is 4. The van der Waals surface area contributed by atoms with E-state index in [9.17, 15) is 0 Å². The van der Waals surface area contributed by atoms with Crippen LogP contribution in [0.3, 0.4) is 0 Å². The van der Waals surface area contributed by atoms with Crippen molar-refractivity contribution in [3.8, 4) is 6.07 Å². The number of benzene rings is 1. The van der Waals surface area contributed by atoms with Gasteiger partial charge in [-0.15, -0.1) is 0 Å². The molecule has 90 valence electrons. The molecule has 5 nitrogen and oxygen atoms in total. The average molecular weight is 240 g/mol. The molecule has 0 bridgehead atoms. The lowest BCUT2D eigenvalue weighted by atomic mass is 10.1. The summed E-state index contributed by atoms with van der Waals surface area (Å²) in [6.07, 6.45) is 1.43. The Bertz CT molecular complexity index is 622. The van der Waals surface area contributed by atoms with Crippen molar-refractivity contribution in [3.63, 3.8) is 0 Å². The predicted octanol–water partition coefficient (Wildman–Crippen LogP) is 2.31. The van der Waals surface area contributed by atoms with E-state index < -0.39 is 0 Å². The van der Waals surface area contributed by atoms with Crippen LogP contribution >= 0.6 is 0 Å². The van der Waals surface area contributed by atoms with Crippen LogP contribution in [-0.2, 0) is 4.74 Å². The van der Waals surface area contributed by atoms with E-state index in [0.29, 0.717) is 17.4 Å². The molecule has 0 amide bonds. The molecule has 0 fully saturated rings. The fourth-order valence-electron chi connectivity index (χ4n) is 1.56. The Morgan fingerprint density at radius 3 is 3.00 bits per heavy atom. The summed E-state index contributed by atoms with van der Waals surface area (Å²) in [5.41, 5.74) is 2.28. The molecule has 1 aromatic heterocycles. The van der Waals surface area contributed by atoms with Gasteiger partial charge in [0.25, 0.3) is 0 Å². The number of hydrogen-bond donors (Lipinski definition) is 1. The first-order chi connectivity index (χ1) is 8.74. The number of methoxy groups -OCH3 is 1. The third kappa shape index (κ3) is 2.38. The maximum absolute atomic E-state index is 8.88. The van der Waals surface area contributed by atoms with Gasteiger partial charge in [-0.25, -0.2) is 4.98 Å². The van der Waals surface area contributed by atoms with Gasteiger partial charge in [-0.1, -0.05) is 17.7 Å². The largest absolute Gasteiger partial charge is 0.481 e. The van der Waals surface area contributed by atoms with Crippen molar-refractivity contribution in [2.75, 3.05) is 7.11 Å². The summed E-state index contributed by atoms with van der Waals surface area (Å²) in [7, 11) is 1.54. The smallest absolute Gasteiger partial charge is 0.222 e. The topological polar surface area (TPSA) is 74.1 Å². The van der Waals surface area contributed by atoms with Gasteiger partial charge in [-0.05, 0) is 19.1 Å². The van der Waals surface area contributed by atoms with Gasteiger partial charge in [0.2, 0.25) is 5.90 Å². The molecule has 0 saturated carbocycles. The molecule has 0 radical (unpaired) electrons. The van der Waals surface area contributed by atoms with Crippen LogP contribution in [0.25, 0.3) is 0 Å². The summed E-state index contributed by atoms with van der Waals surface area (Å²) < 4.78 is 5.25. The lowest BCUT2D eigenvalue weighted by Gasteiger charge is -2.05. The summed E-state index contributed by atoms with van der Waals surface area (Å²) in [5.74, 6) is 0.762. The van der Waals surface area contributed by atoms with E-state index in [4.69, 9.17) is 10.00 Å². The second kappa shape index (κ2) is 5.15. The van der Waals surface area contributed by atoms with Crippen LogP contribution in [0.5, 0.6) is 0 Å².